The number of benzene rings is 2. The SMILES string of the molecule is CC(C)(c1ccc(O)cc1)c1ccc(OC2OC(C(=O)O)C(O)C(O)C2O)cc1. The van der Waals surface area contributed by atoms with Crippen molar-refractivity contribution in [3.05, 3.63) is 59.7 Å². The molecule has 0 aromatic heterocycles. The topological polar surface area (TPSA) is 137 Å². The molecule has 0 amide bonds. The van der Waals surface area contributed by atoms with Gasteiger partial charge in [0, 0.05) is 5.41 Å². The molecule has 0 radical (unpaired) electrons. The minimum Gasteiger partial charge on any atom is -0.508 e. The van der Waals surface area contributed by atoms with Crippen LogP contribution in [0.5, 0.6) is 11.5 Å². The molecule has 2 aromatic rings. The van der Waals surface area contributed by atoms with Crippen molar-refractivity contribution in [3.8, 4) is 11.5 Å². The summed E-state index contributed by atoms with van der Waals surface area (Å²) in [7, 11) is 0. The summed E-state index contributed by atoms with van der Waals surface area (Å²) < 4.78 is 10.6. The highest BCUT2D eigenvalue weighted by molar-refractivity contribution is 5.73. The van der Waals surface area contributed by atoms with Gasteiger partial charge in [-0.25, -0.2) is 4.79 Å². The van der Waals surface area contributed by atoms with Crippen LogP contribution in [0.25, 0.3) is 0 Å². The summed E-state index contributed by atoms with van der Waals surface area (Å²) in [6, 6.07) is 13.8. The Bertz CT molecular complexity index is 846. The van der Waals surface area contributed by atoms with Gasteiger partial charge in [0.2, 0.25) is 6.29 Å². The molecule has 1 aliphatic rings. The first-order valence-corrected chi connectivity index (χ1v) is 9.10. The minimum absolute atomic E-state index is 0.186. The van der Waals surface area contributed by atoms with Gasteiger partial charge in [-0.15, -0.1) is 0 Å². The van der Waals surface area contributed by atoms with E-state index in [0.717, 1.165) is 11.1 Å². The Morgan fingerprint density at radius 1 is 0.897 bits per heavy atom. The molecule has 0 spiro atoms. The van der Waals surface area contributed by atoms with E-state index >= 15 is 0 Å². The fraction of sp³-hybridized carbons (Fsp3) is 0.381. The molecule has 8 nitrogen and oxygen atoms in total. The molecule has 29 heavy (non-hydrogen) atoms. The van der Waals surface area contributed by atoms with Crippen molar-refractivity contribution in [2.45, 2.75) is 50.0 Å². The molecule has 1 saturated heterocycles. The van der Waals surface area contributed by atoms with Crippen LogP contribution in [0.15, 0.2) is 48.5 Å². The Morgan fingerprint density at radius 2 is 1.41 bits per heavy atom. The van der Waals surface area contributed by atoms with E-state index in [1.807, 2.05) is 38.1 Å². The van der Waals surface area contributed by atoms with Crippen LogP contribution in [0.4, 0.5) is 0 Å². The highest BCUT2D eigenvalue weighted by Gasteiger charge is 2.48. The molecule has 2 aromatic carbocycles. The number of phenolic OH excluding ortho intramolecular Hbond substituents is 1. The quantitative estimate of drug-likeness (QED) is 0.498. The average Bonchev–Trinajstić information content (AvgIpc) is 2.69. The molecule has 5 N–H and O–H groups in total. The van der Waals surface area contributed by atoms with Crippen LogP contribution < -0.4 is 4.74 Å². The molecular formula is C21H24O8. The Balaban J connectivity index is 1.76. The van der Waals surface area contributed by atoms with Crippen LogP contribution in [0, 0.1) is 0 Å². The Hall–Kier alpha value is -2.65. The first-order chi connectivity index (χ1) is 13.6. The predicted molar refractivity (Wildman–Crippen MR) is 102 cm³/mol. The fourth-order valence-electron chi connectivity index (χ4n) is 3.28. The second kappa shape index (κ2) is 8.00. The van der Waals surface area contributed by atoms with Gasteiger partial charge >= 0.3 is 5.97 Å². The smallest absolute Gasteiger partial charge is 0.335 e. The standard InChI is InChI=1S/C21H24O8/c1-21(2,11-3-7-13(22)8-4-11)12-5-9-14(10-6-12)28-20-17(25)15(23)16(24)18(29-20)19(26)27/h3-10,15-18,20,22-25H,1-2H3,(H,26,27). The highest BCUT2D eigenvalue weighted by atomic mass is 16.7. The molecule has 0 bridgehead atoms. The lowest BCUT2D eigenvalue weighted by Crippen LogP contribution is -2.61. The van der Waals surface area contributed by atoms with Crippen LogP contribution in [0.2, 0.25) is 0 Å². The van der Waals surface area contributed by atoms with Gasteiger partial charge in [0.15, 0.2) is 6.10 Å². The van der Waals surface area contributed by atoms with Crippen molar-refractivity contribution in [1.82, 2.24) is 0 Å². The van der Waals surface area contributed by atoms with Crippen molar-refractivity contribution >= 4 is 5.97 Å². The van der Waals surface area contributed by atoms with Crippen LogP contribution in [0.1, 0.15) is 25.0 Å². The second-order valence-electron chi connectivity index (χ2n) is 7.55. The summed E-state index contributed by atoms with van der Waals surface area (Å²) in [6.07, 6.45) is -8.27. The number of rotatable bonds is 5. The summed E-state index contributed by atoms with van der Waals surface area (Å²) >= 11 is 0. The Morgan fingerprint density at radius 3 is 1.93 bits per heavy atom. The zero-order chi connectivity index (χ0) is 21.3. The number of ether oxygens (including phenoxy) is 2. The van der Waals surface area contributed by atoms with Crippen molar-refractivity contribution < 1.29 is 39.8 Å². The lowest BCUT2D eigenvalue weighted by Gasteiger charge is -2.38. The normalized spacial score (nSPS) is 27.4. The first-order valence-electron chi connectivity index (χ1n) is 9.10. The van der Waals surface area contributed by atoms with E-state index in [0.29, 0.717) is 5.75 Å². The highest BCUT2D eigenvalue weighted by Crippen LogP contribution is 2.33. The van der Waals surface area contributed by atoms with Crippen LogP contribution in [-0.2, 0) is 14.9 Å². The van der Waals surface area contributed by atoms with Gasteiger partial charge in [-0.3, -0.25) is 0 Å². The minimum atomic E-state index is -1.77. The van der Waals surface area contributed by atoms with Gasteiger partial charge in [-0.05, 0) is 35.4 Å². The van der Waals surface area contributed by atoms with Gasteiger partial charge < -0.3 is 35.0 Å². The monoisotopic (exact) mass is 404 g/mol. The summed E-state index contributed by atoms with van der Waals surface area (Å²) in [5, 5.41) is 48.2. The number of carboxylic acids is 1. The number of phenols is 1. The molecule has 5 unspecified atom stereocenters. The van der Waals surface area contributed by atoms with E-state index < -0.39 is 36.7 Å². The van der Waals surface area contributed by atoms with Crippen molar-refractivity contribution in [2.75, 3.05) is 0 Å². The molecule has 156 valence electrons. The number of carboxylic acid groups (broad SMARTS) is 1. The molecule has 0 saturated carbocycles. The maximum atomic E-state index is 11.2. The number of aromatic hydroxyl groups is 1. The largest absolute Gasteiger partial charge is 0.508 e. The summed E-state index contributed by atoms with van der Waals surface area (Å²) in [4.78, 5) is 11.2. The molecule has 0 aliphatic carbocycles. The van der Waals surface area contributed by atoms with Crippen LogP contribution in [-0.4, -0.2) is 62.2 Å². The molecule has 1 heterocycles. The summed E-state index contributed by atoms with van der Waals surface area (Å²) in [6.45, 7) is 4.05. The zero-order valence-electron chi connectivity index (χ0n) is 16.0. The van der Waals surface area contributed by atoms with Gasteiger partial charge in [0.05, 0.1) is 0 Å². The van der Waals surface area contributed by atoms with Crippen LogP contribution in [0.3, 0.4) is 0 Å². The molecule has 8 heteroatoms. The maximum Gasteiger partial charge on any atom is 0.335 e. The number of aliphatic carboxylic acids is 1. The number of hydrogen-bond acceptors (Lipinski definition) is 7. The molecule has 3 rings (SSSR count). The molecule has 1 aliphatic heterocycles. The number of hydrogen-bond donors (Lipinski definition) is 5. The van der Waals surface area contributed by atoms with E-state index in [2.05, 4.69) is 0 Å². The first kappa shape index (κ1) is 21.1. The molecule has 1 fully saturated rings. The number of carbonyl (C=O) groups is 1. The fourth-order valence-corrected chi connectivity index (χ4v) is 3.28. The third-order valence-electron chi connectivity index (χ3n) is 5.23. The van der Waals surface area contributed by atoms with Crippen LogP contribution >= 0.6 is 0 Å². The Labute approximate surface area is 167 Å². The summed E-state index contributed by atoms with van der Waals surface area (Å²) in [5.41, 5.74) is 1.60. The van der Waals surface area contributed by atoms with Crippen molar-refractivity contribution in [1.29, 1.82) is 0 Å². The maximum absolute atomic E-state index is 11.2. The van der Waals surface area contributed by atoms with E-state index in [1.165, 1.54) is 0 Å². The Kier molecular flexibility index (Phi) is 5.81. The third kappa shape index (κ3) is 4.20. The van der Waals surface area contributed by atoms with E-state index in [9.17, 15) is 25.2 Å². The molecule has 5 atom stereocenters. The summed E-state index contributed by atoms with van der Waals surface area (Å²) in [5.74, 6) is -0.985. The lowest BCUT2D eigenvalue weighted by molar-refractivity contribution is -0.271. The zero-order valence-corrected chi connectivity index (χ0v) is 16.0. The number of aliphatic hydroxyl groups excluding tert-OH is 3. The predicted octanol–water partition coefficient (Wildman–Crippen LogP) is 0.989. The van der Waals surface area contributed by atoms with Crippen molar-refractivity contribution in [2.24, 2.45) is 0 Å². The molecular weight excluding hydrogens is 380 g/mol. The third-order valence-corrected chi connectivity index (χ3v) is 5.23. The van der Waals surface area contributed by atoms with Gasteiger partial charge in [0.25, 0.3) is 0 Å². The number of aliphatic hydroxyl groups is 3. The van der Waals surface area contributed by atoms with E-state index in [-0.39, 0.29) is 11.2 Å². The van der Waals surface area contributed by atoms with Crippen molar-refractivity contribution in [3.63, 3.8) is 0 Å². The lowest BCUT2D eigenvalue weighted by atomic mass is 9.78. The van der Waals surface area contributed by atoms with Gasteiger partial charge in [-0.2, -0.15) is 0 Å². The van der Waals surface area contributed by atoms with E-state index in [1.54, 1.807) is 24.3 Å². The van der Waals surface area contributed by atoms with E-state index in [4.69, 9.17) is 14.6 Å². The van der Waals surface area contributed by atoms with Gasteiger partial charge in [-0.1, -0.05) is 38.1 Å². The van der Waals surface area contributed by atoms with Gasteiger partial charge in [0.1, 0.15) is 29.8 Å². The second-order valence-corrected chi connectivity index (χ2v) is 7.55. The average molecular weight is 404 g/mol.